The predicted octanol–water partition coefficient (Wildman–Crippen LogP) is 4.54. The monoisotopic (exact) mass is 453 g/mol. The largest absolute Gasteiger partial charge is 0.335 e. The van der Waals surface area contributed by atoms with Gasteiger partial charge in [0.2, 0.25) is 0 Å². The molecule has 142 valence electrons. The smallest absolute Gasteiger partial charge is 0.321 e. The number of nitrogens with one attached hydrogen (secondary N) is 1. The molecule has 3 amide bonds. The minimum atomic E-state index is -0.470. The first-order valence-electron chi connectivity index (χ1n) is 8.41. The summed E-state index contributed by atoms with van der Waals surface area (Å²) in [6.07, 6.45) is 0. The van der Waals surface area contributed by atoms with E-state index in [4.69, 9.17) is 11.6 Å². The summed E-state index contributed by atoms with van der Waals surface area (Å²) < 4.78 is 14.0. The van der Waals surface area contributed by atoms with Crippen LogP contribution in [0.25, 0.3) is 0 Å². The van der Waals surface area contributed by atoms with E-state index in [0.717, 1.165) is 5.56 Å². The van der Waals surface area contributed by atoms with Crippen molar-refractivity contribution in [3.63, 3.8) is 0 Å². The molecule has 0 aromatic heterocycles. The number of halogens is 3. The molecular weight excluding hydrogens is 437 g/mol. The Kier molecular flexibility index (Phi) is 6.01. The number of hydrogen-bond acceptors (Lipinski definition) is 2. The van der Waals surface area contributed by atoms with Crippen LogP contribution in [0.3, 0.4) is 0 Å². The van der Waals surface area contributed by atoms with Crippen molar-refractivity contribution in [3.8, 4) is 0 Å². The molecule has 0 atom stereocenters. The summed E-state index contributed by atoms with van der Waals surface area (Å²) in [7, 11) is 0. The van der Waals surface area contributed by atoms with Crippen LogP contribution in [0.4, 0.5) is 14.9 Å². The Morgan fingerprint density at radius 1 is 1.07 bits per heavy atom. The van der Waals surface area contributed by atoms with E-state index in [2.05, 4.69) is 21.2 Å². The number of carbonyl (C=O) groups is 2. The Labute approximate surface area is 170 Å². The van der Waals surface area contributed by atoms with Crippen LogP contribution in [0.2, 0.25) is 5.02 Å². The standard InChI is InChI=1S/C19H18BrClFN3O2/c1-12-2-3-16(11-17(12)21)23-19(27)25-6-4-24(5-7-25)18(26)13-8-14(20)10-15(22)9-13/h2-3,8-11H,4-7H2,1H3,(H,23,27). The molecule has 0 aliphatic carbocycles. The van der Waals surface area contributed by atoms with E-state index < -0.39 is 5.82 Å². The summed E-state index contributed by atoms with van der Waals surface area (Å²) in [4.78, 5) is 28.2. The minimum Gasteiger partial charge on any atom is -0.335 e. The maximum absolute atomic E-state index is 13.5. The third-order valence-corrected chi connectivity index (χ3v) is 5.25. The molecular formula is C19H18BrClFN3O2. The fraction of sp³-hybridized carbons (Fsp3) is 0.263. The van der Waals surface area contributed by atoms with Crippen LogP contribution < -0.4 is 5.32 Å². The van der Waals surface area contributed by atoms with Gasteiger partial charge in [0, 0.05) is 46.9 Å². The first-order valence-corrected chi connectivity index (χ1v) is 9.58. The highest BCUT2D eigenvalue weighted by Crippen LogP contribution is 2.21. The lowest BCUT2D eigenvalue weighted by Gasteiger charge is -2.34. The van der Waals surface area contributed by atoms with E-state index in [0.29, 0.717) is 41.4 Å². The van der Waals surface area contributed by atoms with Crippen LogP contribution in [0.15, 0.2) is 40.9 Å². The SMILES string of the molecule is Cc1ccc(NC(=O)N2CCN(C(=O)c3cc(F)cc(Br)c3)CC2)cc1Cl. The Balaban J connectivity index is 1.58. The summed E-state index contributed by atoms with van der Waals surface area (Å²) in [5.41, 5.74) is 1.85. The summed E-state index contributed by atoms with van der Waals surface area (Å²) in [6, 6.07) is 9.20. The molecule has 1 heterocycles. The Bertz CT molecular complexity index is 865. The number of carbonyl (C=O) groups excluding carboxylic acids is 2. The first-order chi connectivity index (χ1) is 12.8. The van der Waals surface area contributed by atoms with Gasteiger partial charge in [-0.25, -0.2) is 9.18 Å². The van der Waals surface area contributed by atoms with Crippen LogP contribution in [0.1, 0.15) is 15.9 Å². The van der Waals surface area contributed by atoms with Crippen molar-refractivity contribution >= 4 is 45.2 Å². The quantitative estimate of drug-likeness (QED) is 0.724. The van der Waals surface area contributed by atoms with Gasteiger partial charge >= 0.3 is 6.03 Å². The van der Waals surface area contributed by atoms with Gasteiger partial charge in [0.1, 0.15) is 5.82 Å². The van der Waals surface area contributed by atoms with Crippen LogP contribution in [-0.2, 0) is 0 Å². The topological polar surface area (TPSA) is 52.7 Å². The van der Waals surface area contributed by atoms with E-state index in [9.17, 15) is 14.0 Å². The van der Waals surface area contributed by atoms with Gasteiger partial charge < -0.3 is 15.1 Å². The van der Waals surface area contributed by atoms with Crippen molar-refractivity contribution in [1.29, 1.82) is 0 Å². The van der Waals surface area contributed by atoms with Crippen LogP contribution in [0.5, 0.6) is 0 Å². The lowest BCUT2D eigenvalue weighted by Crippen LogP contribution is -2.51. The zero-order chi connectivity index (χ0) is 19.6. The number of nitrogens with zero attached hydrogens (tertiary/aromatic N) is 2. The molecule has 0 unspecified atom stereocenters. The summed E-state index contributed by atoms with van der Waals surface area (Å²) in [6.45, 7) is 3.45. The molecule has 0 spiro atoms. The molecule has 8 heteroatoms. The van der Waals surface area contributed by atoms with Crippen molar-refractivity contribution in [3.05, 3.63) is 62.8 Å². The van der Waals surface area contributed by atoms with Crippen LogP contribution in [-0.4, -0.2) is 47.9 Å². The fourth-order valence-electron chi connectivity index (χ4n) is 2.85. The predicted molar refractivity (Wildman–Crippen MR) is 107 cm³/mol. The fourth-order valence-corrected chi connectivity index (χ4v) is 3.49. The van der Waals surface area contributed by atoms with Gasteiger partial charge in [-0.3, -0.25) is 4.79 Å². The van der Waals surface area contributed by atoms with Gasteiger partial charge in [0.25, 0.3) is 5.91 Å². The van der Waals surface area contributed by atoms with Gasteiger partial charge in [-0.2, -0.15) is 0 Å². The van der Waals surface area contributed by atoms with Gasteiger partial charge in [-0.1, -0.05) is 33.6 Å². The zero-order valence-corrected chi connectivity index (χ0v) is 17.0. The summed E-state index contributed by atoms with van der Waals surface area (Å²) in [5.74, 6) is -0.719. The van der Waals surface area contributed by atoms with E-state index >= 15 is 0 Å². The van der Waals surface area contributed by atoms with Crippen molar-refractivity contribution in [2.24, 2.45) is 0 Å². The van der Waals surface area contributed by atoms with Crippen molar-refractivity contribution < 1.29 is 14.0 Å². The third-order valence-electron chi connectivity index (χ3n) is 4.39. The average molecular weight is 455 g/mol. The number of piperazine rings is 1. The number of hydrogen-bond donors (Lipinski definition) is 1. The highest BCUT2D eigenvalue weighted by atomic mass is 79.9. The molecule has 1 saturated heterocycles. The number of urea groups is 1. The molecule has 27 heavy (non-hydrogen) atoms. The number of aryl methyl sites for hydroxylation is 1. The molecule has 1 aliphatic rings. The Morgan fingerprint density at radius 2 is 1.74 bits per heavy atom. The number of anilines is 1. The van der Waals surface area contributed by atoms with E-state index in [1.807, 2.05) is 13.0 Å². The maximum Gasteiger partial charge on any atom is 0.321 e. The molecule has 2 aromatic rings. The second-order valence-corrected chi connectivity index (χ2v) is 7.65. The van der Waals surface area contributed by atoms with E-state index in [1.165, 1.54) is 12.1 Å². The maximum atomic E-state index is 13.5. The second kappa shape index (κ2) is 8.27. The van der Waals surface area contributed by atoms with Gasteiger partial charge in [-0.15, -0.1) is 0 Å². The Morgan fingerprint density at radius 3 is 2.37 bits per heavy atom. The number of amides is 3. The normalized spacial score (nSPS) is 14.2. The first kappa shape index (κ1) is 19.6. The molecule has 1 N–H and O–H groups in total. The van der Waals surface area contributed by atoms with Crippen molar-refractivity contribution in [1.82, 2.24) is 9.80 Å². The number of benzene rings is 2. The van der Waals surface area contributed by atoms with Crippen LogP contribution >= 0.6 is 27.5 Å². The molecule has 0 bridgehead atoms. The lowest BCUT2D eigenvalue weighted by molar-refractivity contribution is 0.0671. The third kappa shape index (κ3) is 4.78. The molecule has 0 radical (unpaired) electrons. The van der Waals surface area contributed by atoms with Gasteiger partial charge in [-0.05, 0) is 42.8 Å². The average Bonchev–Trinajstić information content (AvgIpc) is 2.63. The molecule has 3 rings (SSSR count). The summed E-state index contributed by atoms with van der Waals surface area (Å²) in [5, 5.41) is 3.40. The lowest BCUT2D eigenvalue weighted by atomic mass is 10.1. The highest BCUT2D eigenvalue weighted by Gasteiger charge is 2.25. The molecule has 1 aliphatic heterocycles. The van der Waals surface area contributed by atoms with Gasteiger partial charge in [0.05, 0.1) is 0 Å². The van der Waals surface area contributed by atoms with E-state index in [-0.39, 0.29) is 17.5 Å². The highest BCUT2D eigenvalue weighted by molar-refractivity contribution is 9.10. The number of rotatable bonds is 2. The molecule has 0 saturated carbocycles. The van der Waals surface area contributed by atoms with E-state index in [1.54, 1.807) is 28.0 Å². The zero-order valence-electron chi connectivity index (χ0n) is 14.6. The van der Waals surface area contributed by atoms with Crippen molar-refractivity contribution in [2.75, 3.05) is 31.5 Å². The van der Waals surface area contributed by atoms with Crippen molar-refractivity contribution in [2.45, 2.75) is 6.92 Å². The Hall–Kier alpha value is -2.12. The molecule has 2 aromatic carbocycles. The molecule has 1 fully saturated rings. The summed E-state index contributed by atoms with van der Waals surface area (Å²) >= 11 is 9.27. The van der Waals surface area contributed by atoms with Crippen LogP contribution in [0, 0.1) is 12.7 Å². The second-order valence-electron chi connectivity index (χ2n) is 6.33. The van der Waals surface area contributed by atoms with Gasteiger partial charge in [0.15, 0.2) is 0 Å². The minimum absolute atomic E-state index is 0.240. The molecule has 5 nitrogen and oxygen atoms in total.